The molecule has 0 aliphatic carbocycles. The third-order valence-corrected chi connectivity index (χ3v) is 2.75. The second-order valence-electron chi connectivity index (χ2n) is 3.82. The van der Waals surface area contributed by atoms with Gasteiger partial charge >= 0.3 is 12.0 Å². The van der Waals surface area contributed by atoms with Crippen molar-refractivity contribution in [3.05, 3.63) is 33.3 Å². The number of aliphatic carboxylic acids is 1. The number of benzene rings is 1. The topological polar surface area (TPSA) is 131 Å². The van der Waals surface area contributed by atoms with E-state index in [1.54, 1.807) is 0 Å². The van der Waals surface area contributed by atoms with Gasteiger partial charge < -0.3 is 20.5 Å². The largest absolute Gasteiger partial charge is 0.479 e. The van der Waals surface area contributed by atoms with Gasteiger partial charge in [0.15, 0.2) is 6.10 Å². The number of carboxylic acid groups (broad SMARTS) is 1. The first-order chi connectivity index (χ1) is 9.85. The van der Waals surface area contributed by atoms with Crippen LogP contribution < -0.4 is 10.6 Å². The zero-order chi connectivity index (χ0) is 16.0. The predicted octanol–water partition coefficient (Wildman–Crippen LogP) is 1.47. The Bertz CT molecular complexity index is 565. The number of hydrogen-bond donors (Lipinski definition) is 3. The van der Waals surface area contributed by atoms with Crippen LogP contribution in [0.25, 0.3) is 0 Å². The smallest absolute Gasteiger partial charge is 0.334 e. The molecule has 2 amide bonds. The highest BCUT2D eigenvalue weighted by atomic mass is 35.5. The lowest BCUT2D eigenvalue weighted by atomic mass is 10.3. The van der Waals surface area contributed by atoms with E-state index in [0.29, 0.717) is 0 Å². The Kier molecular flexibility index (Phi) is 5.88. The minimum absolute atomic E-state index is 0.0349. The zero-order valence-electron chi connectivity index (χ0n) is 10.8. The van der Waals surface area contributed by atoms with Gasteiger partial charge in [0.05, 0.1) is 22.2 Å². The lowest BCUT2D eigenvalue weighted by Gasteiger charge is -2.12. The van der Waals surface area contributed by atoms with Gasteiger partial charge in [0.25, 0.3) is 5.69 Å². The number of carbonyl (C=O) groups excluding carboxylic acids is 1. The SMILES string of the molecule is COC(CNC(=O)Nc1cc([N+](=O)[O-])ccc1Cl)C(=O)O. The molecular formula is C11H12ClN3O6. The summed E-state index contributed by atoms with van der Waals surface area (Å²) in [6.45, 7) is -0.274. The van der Waals surface area contributed by atoms with Crippen LogP contribution >= 0.6 is 11.6 Å². The number of carboxylic acids is 1. The van der Waals surface area contributed by atoms with Crippen LogP contribution in [-0.2, 0) is 9.53 Å². The number of urea groups is 1. The fourth-order valence-corrected chi connectivity index (χ4v) is 1.51. The summed E-state index contributed by atoms with van der Waals surface area (Å²) in [6.07, 6.45) is -1.20. The van der Waals surface area contributed by atoms with Gasteiger partial charge in [0.2, 0.25) is 0 Å². The predicted molar refractivity (Wildman–Crippen MR) is 73.6 cm³/mol. The fourth-order valence-electron chi connectivity index (χ4n) is 1.35. The number of amides is 2. The minimum atomic E-state index is -1.23. The van der Waals surface area contributed by atoms with Crippen LogP contribution in [0.2, 0.25) is 5.02 Å². The summed E-state index contributed by atoms with van der Waals surface area (Å²) >= 11 is 5.80. The maximum absolute atomic E-state index is 11.6. The minimum Gasteiger partial charge on any atom is -0.479 e. The molecule has 0 radical (unpaired) electrons. The van der Waals surface area contributed by atoms with E-state index in [9.17, 15) is 19.7 Å². The molecule has 9 nitrogen and oxygen atoms in total. The van der Waals surface area contributed by atoms with Gasteiger partial charge in [-0.3, -0.25) is 10.1 Å². The summed E-state index contributed by atoms with van der Waals surface area (Å²) in [4.78, 5) is 32.3. The second-order valence-corrected chi connectivity index (χ2v) is 4.23. The highest BCUT2D eigenvalue weighted by molar-refractivity contribution is 6.33. The monoisotopic (exact) mass is 317 g/mol. The molecule has 21 heavy (non-hydrogen) atoms. The third-order valence-electron chi connectivity index (χ3n) is 2.42. The number of halogens is 1. The molecule has 3 N–H and O–H groups in total. The summed E-state index contributed by atoms with van der Waals surface area (Å²) in [5.41, 5.74) is -0.206. The number of rotatable bonds is 6. The highest BCUT2D eigenvalue weighted by Gasteiger charge is 2.18. The van der Waals surface area contributed by atoms with Gasteiger partial charge in [0.1, 0.15) is 0 Å². The fraction of sp³-hybridized carbons (Fsp3) is 0.273. The average Bonchev–Trinajstić information content (AvgIpc) is 2.41. The van der Waals surface area contributed by atoms with Gasteiger partial charge in [0, 0.05) is 19.2 Å². The molecule has 0 spiro atoms. The van der Waals surface area contributed by atoms with Crippen molar-refractivity contribution in [1.82, 2.24) is 5.32 Å². The lowest BCUT2D eigenvalue weighted by molar-refractivity contribution is -0.384. The van der Waals surface area contributed by atoms with Crippen molar-refractivity contribution in [2.75, 3.05) is 19.0 Å². The highest BCUT2D eigenvalue weighted by Crippen LogP contribution is 2.26. The van der Waals surface area contributed by atoms with Crippen LogP contribution in [-0.4, -0.2) is 41.8 Å². The van der Waals surface area contributed by atoms with Gasteiger partial charge in [-0.2, -0.15) is 0 Å². The molecule has 114 valence electrons. The number of nitro benzene ring substituents is 1. The molecular weight excluding hydrogens is 306 g/mol. The second kappa shape index (κ2) is 7.41. The molecule has 0 aliphatic heterocycles. The number of ether oxygens (including phenoxy) is 1. The van der Waals surface area contributed by atoms with E-state index in [1.807, 2.05) is 0 Å². The van der Waals surface area contributed by atoms with Gasteiger partial charge in [-0.05, 0) is 6.07 Å². The number of non-ortho nitro benzene ring substituents is 1. The zero-order valence-corrected chi connectivity index (χ0v) is 11.6. The molecule has 0 heterocycles. The molecule has 1 aromatic rings. The maximum Gasteiger partial charge on any atom is 0.334 e. The van der Waals surface area contributed by atoms with Crippen molar-refractivity contribution in [1.29, 1.82) is 0 Å². The molecule has 0 bridgehead atoms. The summed E-state index contributed by atoms with van der Waals surface area (Å²) in [6, 6.07) is 2.79. The molecule has 0 saturated carbocycles. The first kappa shape index (κ1) is 16.7. The Morgan fingerprint density at radius 2 is 2.19 bits per heavy atom. The number of nitrogens with one attached hydrogen (secondary N) is 2. The first-order valence-corrected chi connectivity index (χ1v) is 5.97. The van der Waals surface area contributed by atoms with Crippen LogP contribution in [0.3, 0.4) is 0 Å². The molecule has 0 aromatic heterocycles. The number of nitro groups is 1. The lowest BCUT2D eigenvalue weighted by Crippen LogP contribution is -2.39. The molecule has 0 fully saturated rings. The maximum atomic E-state index is 11.6. The van der Waals surface area contributed by atoms with Crippen LogP contribution in [0.5, 0.6) is 0 Å². The summed E-state index contributed by atoms with van der Waals surface area (Å²) in [5, 5.41) is 24.0. The van der Waals surface area contributed by atoms with E-state index in [2.05, 4.69) is 15.4 Å². The number of hydrogen-bond acceptors (Lipinski definition) is 5. The van der Waals surface area contributed by atoms with Gasteiger partial charge in [-0.1, -0.05) is 11.6 Å². The van der Waals surface area contributed by atoms with Crippen LogP contribution in [0, 0.1) is 10.1 Å². The van der Waals surface area contributed by atoms with Crippen molar-refractivity contribution in [2.45, 2.75) is 6.10 Å². The number of methoxy groups -OCH3 is 1. The van der Waals surface area contributed by atoms with Gasteiger partial charge in [-0.25, -0.2) is 9.59 Å². The summed E-state index contributed by atoms with van der Waals surface area (Å²) in [5.74, 6) is -1.23. The Balaban J connectivity index is 2.68. The Hall–Kier alpha value is -2.39. The Morgan fingerprint density at radius 1 is 1.52 bits per heavy atom. The Morgan fingerprint density at radius 3 is 2.71 bits per heavy atom. The molecule has 1 aromatic carbocycles. The Labute approximate surface area is 124 Å². The number of anilines is 1. The van der Waals surface area contributed by atoms with E-state index in [4.69, 9.17) is 16.7 Å². The van der Waals surface area contributed by atoms with E-state index < -0.39 is 23.0 Å². The molecule has 10 heteroatoms. The summed E-state index contributed by atoms with van der Waals surface area (Å²) < 4.78 is 4.63. The van der Waals surface area contributed by atoms with Crippen molar-refractivity contribution in [3.8, 4) is 0 Å². The summed E-state index contributed by atoms with van der Waals surface area (Å²) in [7, 11) is 1.19. The third kappa shape index (κ3) is 4.89. The van der Waals surface area contributed by atoms with E-state index >= 15 is 0 Å². The number of carbonyl (C=O) groups is 2. The molecule has 1 rings (SSSR count). The van der Waals surface area contributed by atoms with Crippen LogP contribution in [0.4, 0.5) is 16.2 Å². The number of nitrogens with zero attached hydrogens (tertiary/aromatic N) is 1. The molecule has 1 atom stereocenters. The normalized spacial score (nSPS) is 11.5. The standard InChI is InChI=1S/C11H12ClN3O6/c1-21-9(10(16)17)5-13-11(18)14-8-4-6(15(19)20)2-3-7(8)12/h2-4,9H,5H2,1H3,(H,16,17)(H2,13,14,18). The first-order valence-electron chi connectivity index (χ1n) is 5.59. The van der Waals surface area contributed by atoms with E-state index in [1.165, 1.54) is 19.2 Å². The van der Waals surface area contributed by atoms with Crippen LogP contribution in [0.15, 0.2) is 18.2 Å². The van der Waals surface area contributed by atoms with Crippen LogP contribution in [0.1, 0.15) is 0 Å². The van der Waals surface area contributed by atoms with Crippen molar-refractivity contribution in [3.63, 3.8) is 0 Å². The average molecular weight is 318 g/mol. The van der Waals surface area contributed by atoms with Crippen molar-refractivity contribution in [2.24, 2.45) is 0 Å². The quantitative estimate of drug-likeness (QED) is 0.538. The molecule has 1 unspecified atom stereocenters. The molecule has 0 saturated heterocycles. The van der Waals surface area contributed by atoms with E-state index in [-0.39, 0.29) is 22.9 Å². The van der Waals surface area contributed by atoms with Crippen molar-refractivity contribution < 1.29 is 24.4 Å². The van der Waals surface area contributed by atoms with E-state index in [0.717, 1.165) is 6.07 Å². The van der Waals surface area contributed by atoms with Gasteiger partial charge in [-0.15, -0.1) is 0 Å². The van der Waals surface area contributed by atoms with Crippen molar-refractivity contribution >= 4 is 35.0 Å². The molecule has 0 aliphatic rings.